The maximum atomic E-state index is 11.6. The SMILES string of the molecule is COC(=O)c1ccc(N2CCC(CC3CCCCC3)CC2)cc1Cl. The number of anilines is 1. The number of methoxy groups -OCH3 is 1. The summed E-state index contributed by atoms with van der Waals surface area (Å²) < 4.78 is 4.75. The Balaban J connectivity index is 1.54. The zero-order chi connectivity index (χ0) is 16.9. The Hall–Kier alpha value is -1.22. The Kier molecular flexibility index (Phi) is 6.04. The van der Waals surface area contributed by atoms with Crippen LogP contribution in [0.4, 0.5) is 5.69 Å². The topological polar surface area (TPSA) is 29.5 Å². The number of ether oxygens (including phenoxy) is 1. The molecule has 132 valence electrons. The lowest BCUT2D eigenvalue weighted by molar-refractivity contribution is 0.0601. The van der Waals surface area contributed by atoms with E-state index < -0.39 is 0 Å². The van der Waals surface area contributed by atoms with Crippen molar-refractivity contribution in [2.45, 2.75) is 51.4 Å². The Labute approximate surface area is 150 Å². The maximum absolute atomic E-state index is 11.6. The first-order valence-corrected chi connectivity index (χ1v) is 9.68. The Morgan fingerprint density at radius 2 is 1.79 bits per heavy atom. The molecule has 1 aliphatic heterocycles. The number of piperidine rings is 1. The molecule has 0 aromatic heterocycles. The van der Waals surface area contributed by atoms with Gasteiger partial charge in [0.25, 0.3) is 0 Å². The van der Waals surface area contributed by atoms with Gasteiger partial charge in [0, 0.05) is 18.8 Å². The van der Waals surface area contributed by atoms with Crippen LogP contribution in [0.2, 0.25) is 5.02 Å². The molecule has 0 atom stereocenters. The number of benzene rings is 1. The van der Waals surface area contributed by atoms with Gasteiger partial charge in [-0.25, -0.2) is 4.79 Å². The fourth-order valence-corrected chi connectivity index (χ4v) is 4.55. The summed E-state index contributed by atoms with van der Waals surface area (Å²) in [4.78, 5) is 14.0. The van der Waals surface area contributed by atoms with Crippen LogP contribution in [-0.4, -0.2) is 26.2 Å². The molecule has 1 aromatic carbocycles. The number of hydrogen-bond acceptors (Lipinski definition) is 3. The van der Waals surface area contributed by atoms with Crippen molar-refractivity contribution in [1.82, 2.24) is 0 Å². The lowest BCUT2D eigenvalue weighted by Gasteiger charge is -2.36. The van der Waals surface area contributed by atoms with Crippen LogP contribution in [0.25, 0.3) is 0 Å². The molecule has 1 aliphatic carbocycles. The first-order valence-electron chi connectivity index (χ1n) is 9.30. The molecule has 3 nitrogen and oxygen atoms in total. The molecule has 1 saturated heterocycles. The van der Waals surface area contributed by atoms with Crippen LogP contribution in [0, 0.1) is 11.8 Å². The van der Waals surface area contributed by atoms with Crippen molar-refractivity contribution in [3.63, 3.8) is 0 Å². The number of esters is 1. The predicted molar refractivity (Wildman–Crippen MR) is 98.9 cm³/mol. The van der Waals surface area contributed by atoms with Crippen molar-refractivity contribution in [1.29, 1.82) is 0 Å². The van der Waals surface area contributed by atoms with Crippen LogP contribution in [-0.2, 0) is 4.74 Å². The Morgan fingerprint density at radius 3 is 2.42 bits per heavy atom. The number of halogens is 1. The van der Waals surface area contributed by atoms with Crippen molar-refractivity contribution in [2.24, 2.45) is 11.8 Å². The fourth-order valence-electron chi connectivity index (χ4n) is 4.30. The molecule has 0 amide bonds. The lowest BCUT2D eigenvalue weighted by atomic mass is 9.80. The van der Waals surface area contributed by atoms with E-state index in [0.717, 1.165) is 30.6 Å². The van der Waals surface area contributed by atoms with Crippen LogP contribution in [0.3, 0.4) is 0 Å². The molecule has 0 N–H and O–H groups in total. The van der Waals surface area contributed by atoms with Gasteiger partial charge in [-0.2, -0.15) is 0 Å². The summed E-state index contributed by atoms with van der Waals surface area (Å²) >= 11 is 6.25. The second-order valence-electron chi connectivity index (χ2n) is 7.33. The van der Waals surface area contributed by atoms with Crippen molar-refractivity contribution in [3.8, 4) is 0 Å². The Morgan fingerprint density at radius 1 is 1.12 bits per heavy atom. The molecule has 1 aromatic rings. The monoisotopic (exact) mass is 349 g/mol. The number of carbonyl (C=O) groups is 1. The van der Waals surface area contributed by atoms with E-state index in [9.17, 15) is 4.79 Å². The van der Waals surface area contributed by atoms with Gasteiger partial charge in [-0.1, -0.05) is 43.7 Å². The number of hydrogen-bond donors (Lipinski definition) is 0. The van der Waals surface area contributed by atoms with E-state index in [1.54, 1.807) is 6.07 Å². The van der Waals surface area contributed by atoms with Crippen LogP contribution in [0.5, 0.6) is 0 Å². The number of carbonyl (C=O) groups excluding carboxylic acids is 1. The molecule has 2 fully saturated rings. The van der Waals surface area contributed by atoms with Gasteiger partial charge < -0.3 is 9.64 Å². The minimum absolute atomic E-state index is 0.377. The molecule has 0 spiro atoms. The summed E-state index contributed by atoms with van der Waals surface area (Å²) in [6.45, 7) is 2.18. The molecule has 0 unspecified atom stereocenters. The normalized spacial score (nSPS) is 20.2. The van der Waals surface area contributed by atoms with Crippen LogP contribution < -0.4 is 4.90 Å². The molecule has 0 radical (unpaired) electrons. The molecule has 2 aliphatic rings. The predicted octanol–water partition coefficient (Wildman–Crippen LogP) is 5.31. The summed E-state index contributed by atoms with van der Waals surface area (Å²) in [6.07, 6.45) is 11.2. The van der Waals surface area contributed by atoms with E-state index in [1.807, 2.05) is 12.1 Å². The second kappa shape index (κ2) is 8.24. The van der Waals surface area contributed by atoms with Gasteiger partial charge >= 0.3 is 5.97 Å². The zero-order valence-corrected chi connectivity index (χ0v) is 15.4. The fraction of sp³-hybridized carbons (Fsp3) is 0.650. The first-order chi connectivity index (χ1) is 11.7. The molecule has 1 heterocycles. The third kappa shape index (κ3) is 4.24. The highest BCUT2D eigenvalue weighted by Gasteiger charge is 2.24. The average Bonchev–Trinajstić information content (AvgIpc) is 2.62. The van der Waals surface area contributed by atoms with E-state index in [-0.39, 0.29) is 5.97 Å². The molecule has 3 rings (SSSR count). The second-order valence-corrected chi connectivity index (χ2v) is 7.73. The standard InChI is InChI=1S/C20H28ClNO2/c1-24-20(23)18-8-7-17(14-19(18)21)22-11-9-16(10-12-22)13-15-5-3-2-4-6-15/h7-8,14-16H,2-6,9-13H2,1H3. The van der Waals surface area contributed by atoms with E-state index >= 15 is 0 Å². The molecule has 1 saturated carbocycles. The number of rotatable bonds is 4. The Bertz CT molecular complexity index is 561. The smallest absolute Gasteiger partial charge is 0.339 e. The van der Waals surface area contributed by atoms with Gasteiger partial charge in [-0.3, -0.25) is 0 Å². The highest BCUT2D eigenvalue weighted by Crippen LogP contribution is 2.34. The van der Waals surface area contributed by atoms with Crippen molar-refractivity contribution >= 4 is 23.3 Å². The summed E-state index contributed by atoms with van der Waals surface area (Å²) in [5, 5.41) is 0.476. The van der Waals surface area contributed by atoms with Gasteiger partial charge in [0.05, 0.1) is 17.7 Å². The van der Waals surface area contributed by atoms with E-state index in [1.165, 1.54) is 58.5 Å². The van der Waals surface area contributed by atoms with Gasteiger partial charge in [-0.15, -0.1) is 0 Å². The average molecular weight is 350 g/mol. The first kappa shape index (κ1) is 17.6. The summed E-state index contributed by atoms with van der Waals surface area (Å²) in [5.41, 5.74) is 1.55. The minimum Gasteiger partial charge on any atom is -0.465 e. The zero-order valence-electron chi connectivity index (χ0n) is 14.6. The number of nitrogens with zero attached hydrogens (tertiary/aromatic N) is 1. The highest BCUT2D eigenvalue weighted by atomic mass is 35.5. The van der Waals surface area contributed by atoms with Gasteiger partial charge in [0.2, 0.25) is 0 Å². The van der Waals surface area contributed by atoms with Crippen LogP contribution >= 0.6 is 11.6 Å². The molecule has 4 heteroatoms. The minimum atomic E-state index is -0.377. The van der Waals surface area contributed by atoms with Gasteiger partial charge in [0.15, 0.2) is 0 Å². The molecule has 0 bridgehead atoms. The quantitative estimate of drug-likeness (QED) is 0.689. The van der Waals surface area contributed by atoms with E-state index in [0.29, 0.717) is 10.6 Å². The van der Waals surface area contributed by atoms with Gasteiger partial charge in [0.1, 0.15) is 0 Å². The van der Waals surface area contributed by atoms with Crippen LogP contribution in [0.15, 0.2) is 18.2 Å². The summed E-state index contributed by atoms with van der Waals surface area (Å²) in [6, 6.07) is 5.66. The maximum Gasteiger partial charge on any atom is 0.339 e. The van der Waals surface area contributed by atoms with E-state index in [2.05, 4.69) is 4.90 Å². The third-order valence-corrected chi connectivity index (χ3v) is 6.04. The van der Waals surface area contributed by atoms with Crippen molar-refractivity contribution < 1.29 is 9.53 Å². The summed E-state index contributed by atoms with van der Waals surface area (Å²) in [5.74, 6) is 1.48. The largest absolute Gasteiger partial charge is 0.465 e. The van der Waals surface area contributed by atoms with Crippen molar-refractivity contribution in [2.75, 3.05) is 25.1 Å². The summed E-state index contributed by atoms with van der Waals surface area (Å²) in [7, 11) is 1.38. The molecule has 24 heavy (non-hydrogen) atoms. The highest BCUT2D eigenvalue weighted by molar-refractivity contribution is 6.33. The lowest BCUT2D eigenvalue weighted by Crippen LogP contribution is -2.34. The van der Waals surface area contributed by atoms with Crippen LogP contribution in [0.1, 0.15) is 61.7 Å². The van der Waals surface area contributed by atoms with Gasteiger partial charge in [-0.05, 0) is 49.3 Å². The third-order valence-electron chi connectivity index (χ3n) is 5.73. The van der Waals surface area contributed by atoms with E-state index in [4.69, 9.17) is 16.3 Å². The molecular formula is C20H28ClNO2. The molecular weight excluding hydrogens is 322 g/mol. The van der Waals surface area contributed by atoms with Crippen molar-refractivity contribution in [3.05, 3.63) is 28.8 Å².